The maximum Gasteiger partial charge on any atom is 0.205 e. The molecule has 0 bridgehead atoms. The third-order valence-corrected chi connectivity index (χ3v) is 4.77. The van der Waals surface area contributed by atoms with Crippen molar-refractivity contribution < 1.29 is 4.79 Å². The average Bonchev–Trinajstić information content (AvgIpc) is 2.29. The highest BCUT2D eigenvalue weighted by Crippen LogP contribution is 2.33. The summed E-state index contributed by atoms with van der Waals surface area (Å²) in [5, 5.41) is 0. The maximum absolute atomic E-state index is 11.5. The van der Waals surface area contributed by atoms with Gasteiger partial charge in [0.25, 0.3) is 0 Å². The van der Waals surface area contributed by atoms with Crippen molar-refractivity contribution in [3.8, 4) is 0 Å². The van der Waals surface area contributed by atoms with Crippen molar-refractivity contribution in [3.05, 3.63) is 29.3 Å². The van der Waals surface area contributed by atoms with Crippen LogP contribution in [-0.4, -0.2) is 10.4 Å². The molecule has 0 amide bonds. The van der Waals surface area contributed by atoms with Crippen LogP contribution >= 0.6 is 27.7 Å². The molecule has 1 aliphatic rings. The molecule has 0 radical (unpaired) electrons. The van der Waals surface area contributed by atoms with Crippen molar-refractivity contribution in [2.45, 2.75) is 37.0 Å². The van der Waals surface area contributed by atoms with Crippen LogP contribution in [-0.2, 0) is 11.2 Å². The number of fused-ring (bicyclic) bond motifs is 1. The van der Waals surface area contributed by atoms with Gasteiger partial charge >= 0.3 is 0 Å². The molecule has 1 nitrogen and oxygen atoms in total. The Balaban J connectivity index is 2.32. The number of rotatable bonds is 3. The van der Waals surface area contributed by atoms with Gasteiger partial charge in [-0.05, 0) is 58.1 Å². The van der Waals surface area contributed by atoms with Crippen molar-refractivity contribution in [1.82, 2.24) is 0 Å². The molecule has 3 heteroatoms. The van der Waals surface area contributed by atoms with E-state index in [1.54, 1.807) is 0 Å². The number of hydrogen-bond acceptors (Lipinski definition) is 2. The van der Waals surface area contributed by atoms with Crippen molar-refractivity contribution in [2.75, 3.05) is 5.75 Å². The monoisotopic (exact) mass is 298 g/mol. The minimum absolute atomic E-state index is 0.0113. The van der Waals surface area contributed by atoms with Gasteiger partial charge in [-0.25, -0.2) is 0 Å². The molecule has 1 aromatic carbocycles. The quantitative estimate of drug-likeness (QED) is 0.780. The van der Waals surface area contributed by atoms with E-state index in [4.69, 9.17) is 0 Å². The lowest BCUT2D eigenvalue weighted by Crippen LogP contribution is -2.07. The van der Waals surface area contributed by atoms with Crippen molar-refractivity contribution in [1.29, 1.82) is 0 Å². The molecular formula is C13H15BrOS. The van der Waals surface area contributed by atoms with Gasteiger partial charge in [-0.1, -0.05) is 19.1 Å². The number of thioether (sulfide) groups is 1. The lowest BCUT2D eigenvalue weighted by molar-refractivity contribution is -0.111. The van der Waals surface area contributed by atoms with Gasteiger partial charge in [-0.2, -0.15) is 0 Å². The molecule has 0 spiro atoms. The molecule has 0 saturated carbocycles. The fourth-order valence-electron chi connectivity index (χ4n) is 2.12. The summed E-state index contributed by atoms with van der Waals surface area (Å²) in [5.74, 6) is 1.23. The van der Waals surface area contributed by atoms with Gasteiger partial charge in [0, 0.05) is 4.90 Å². The van der Waals surface area contributed by atoms with Crippen LogP contribution in [0.2, 0.25) is 0 Å². The zero-order valence-electron chi connectivity index (χ0n) is 9.33. The van der Waals surface area contributed by atoms with Gasteiger partial charge in [-0.15, -0.1) is 11.8 Å². The molecule has 1 atom stereocenters. The van der Waals surface area contributed by atoms with Gasteiger partial charge in [0.1, 0.15) is 0 Å². The highest BCUT2D eigenvalue weighted by Gasteiger charge is 2.18. The first-order chi connectivity index (χ1) is 7.72. The van der Waals surface area contributed by atoms with Crippen LogP contribution in [0.5, 0.6) is 0 Å². The molecule has 0 aliphatic carbocycles. The molecule has 1 heterocycles. The maximum atomic E-state index is 11.5. The lowest BCUT2D eigenvalue weighted by atomic mass is 9.95. The van der Waals surface area contributed by atoms with E-state index in [-0.39, 0.29) is 10.6 Å². The summed E-state index contributed by atoms with van der Waals surface area (Å²) in [6, 6.07) is 6.49. The zero-order valence-corrected chi connectivity index (χ0v) is 11.7. The molecule has 0 fully saturated rings. The van der Waals surface area contributed by atoms with E-state index in [0.717, 1.165) is 18.4 Å². The fourth-order valence-corrected chi connectivity index (χ4v) is 3.73. The normalized spacial score (nSPS) is 16.6. The average molecular weight is 299 g/mol. The Kier molecular flexibility index (Phi) is 4.09. The number of carbonyl (C=O) groups excluding carboxylic acids is 1. The standard InChI is InChI=1S/C13H15BrOS/c1-2-11(13(14)15)9-5-6-12-10(8-9)4-3-7-16-12/h5-6,8,11H,2-4,7H2,1H3. The molecule has 1 aromatic rings. The molecule has 16 heavy (non-hydrogen) atoms. The van der Waals surface area contributed by atoms with Gasteiger partial charge in [0.2, 0.25) is 4.69 Å². The second-order valence-corrected chi connectivity index (χ2v) is 6.00. The molecule has 1 unspecified atom stereocenters. The Morgan fingerprint density at radius 3 is 3.06 bits per heavy atom. The minimum Gasteiger partial charge on any atom is -0.286 e. The highest BCUT2D eigenvalue weighted by atomic mass is 79.9. The van der Waals surface area contributed by atoms with E-state index in [1.807, 2.05) is 11.8 Å². The number of carbonyl (C=O) groups is 1. The molecule has 0 saturated heterocycles. The first kappa shape index (κ1) is 12.2. The highest BCUT2D eigenvalue weighted by molar-refractivity contribution is 9.18. The third-order valence-electron chi connectivity index (χ3n) is 3.02. The fraction of sp³-hybridized carbons (Fsp3) is 0.462. The Morgan fingerprint density at radius 2 is 2.38 bits per heavy atom. The number of aryl methyl sites for hydroxylation is 1. The summed E-state index contributed by atoms with van der Waals surface area (Å²) in [6.45, 7) is 2.05. The van der Waals surface area contributed by atoms with E-state index in [1.165, 1.54) is 22.6 Å². The number of halogens is 1. The van der Waals surface area contributed by atoms with E-state index in [2.05, 4.69) is 41.1 Å². The summed E-state index contributed by atoms with van der Waals surface area (Å²) < 4.78 is 0.0958. The second-order valence-electron chi connectivity index (χ2n) is 4.08. The van der Waals surface area contributed by atoms with Crippen LogP contribution in [0.4, 0.5) is 0 Å². The van der Waals surface area contributed by atoms with Crippen LogP contribution in [0.3, 0.4) is 0 Å². The molecule has 0 N–H and O–H groups in total. The smallest absolute Gasteiger partial charge is 0.205 e. The molecule has 86 valence electrons. The van der Waals surface area contributed by atoms with E-state index >= 15 is 0 Å². The van der Waals surface area contributed by atoms with Gasteiger partial charge in [0.05, 0.1) is 5.92 Å². The van der Waals surface area contributed by atoms with E-state index < -0.39 is 0 Å². The van der Waals surface area contributed by atoms with Crippen molar-refractivity contribution in [3.63, 3.8) is 0 Å². The predicted molar refractivity (Wildman–Crippen MR) is 72.5 cm³/mol. The van der Waals surface area contributed by atoms with Crippen molar-refractivity contribution >= 4 is 32.4 Å². The van der Waals surface area contributed by atoms with Gasteiger partial charge < -0.3 is 0 Å². The zero-order chi connectivity index (χ0) is 11.5. The van der Waals surface area contributed by atoms with Crippen LogP contribution in [0.25, 0.3) is 0 Å². The van der Waals surface area contributed by atoms with Gasteiger partial charge in [-0.3, -0.25) is 4.79 Å². The molecular weight excluding hydrogens is 284 g/mol. The van der Waals surface area contributed by atoms with Crippen molar-refractivity contribution in [2.24, 2.45) is 0 Å². The Morgan fingerprint density at radius 1 is 1.56 bits per heavy atom. The van der Waals surface area contributed by atoms with Gasteiger partial charge in [0.15, 0.2) is 0 Å². The number of benzene rings is 1. The summed E-state index contributed by atoms with van der Waals surface area (Å²) in [4.78, 5) is 12.9. The predicted octanol–water partition coefficient (Wildman–Crippen LogP) is 4.14. The second kappa shape index (κ2) is 5.37. The van der Waals surface area contributed by atoms with E-state index in [9.17, 15) is 4.79 Å². The Bertz CT molecular complexity index is 403. The topological polar surface area (TPSA) is 17.1 Å². The molecule has 0 aromatic heterocycles. The first-order valence-electron chi connectivity index (χ1n) is 5.67. The van der Waals surface area contributed by atoms with Crippen LogP contribution in [0.15, 0.2) is 23.1 Å². The van der Waals surface area contributed by atoms with E-state index in [0.29, 0.717) is 0 Å². The minimum atomic E-state index is 0.0113. The van der Waals surface area contributed by atoms with Crippen LogP contribution in [0.1, 0.15) is 36.8 Å². The molecule has 2 rings (SSSR count). The van der Waals surface area contributed by atoms with Crippen LogP contribution in [0, 0.1) is 0 Å². The number of hydrogen-bond donors (Lipinski definition) is 0. The summed E-state index contributed by atoms with van der Waals surface area (Å²) in [6.07, 6.45) is 3.26. The first-order valence-corrected chi connectivity index (χ1v) is 7.45. The van der Waals surface area contributed by atoms with Crippen LogP contribution < -0.4 is 0 Å². The third kappa shape index (κ3) is 2.51. The SMILES string of the molecule is CCC(C(=O)Br)c1ccc2c(c1)CCCS2. The summed E-state index contributed by atoms with van der Waals surface area (Å²) in [5.41, 5.74) is 2.58. The lowest BCUT2D eigenvalue weighted by Gasteiger charge is -2.18. The summed E-state index contributed by atoms with van der Waals surface area (Å²) in [7, 11) is 0. The Labute approximate surface area is 109 Å². The Hall–Kier alpha value is -0.280. The largest absolute Gasteiger partial charge is 0.286 e. The molecule has 1 aliphatic heterocycles. The summed E-state index contributed by atoms with van der Waals surface area (Å²) >= 11 is 5.02.